The third-order valence-electron chi connectivity index (χ3n) is 4.34. The van der Waals surface area contributed by atoms with Crippen LogP contribution in [0, 0.1) is 5.41 Å². The third-order valence-corrected chi connectivity index (χ3v) is 6.35. The predicted octanol–water partition coefficient (Wildman–Crippen LogP) is 5.53. The minimum atomic E-state index is -1.48. The maximum atomic E-state index is 5.90. The summed E-state index contributed by atoms with van der Waals surface area (Å²) in [6.07, 6.45) is 2.45. The molecule has 1 atom stereocenters. The Bertz CT molecular complexity index is 483. The summed E-state index contributed by atoms with van der Waals surface area (Å²) in [6, 6.07) is 6.84. The van der Waals surface area contributed by atoms with Gasteiger partial charge in [-0.3, -0.25) is 0 Å². The Kier molecular flexibility index (Phi) is 7.34. The predicted molar refractivity (Wildman–Crippen MR) is 104 cm³/mol. The van der Waals surface area contributed by atoms with E-state index in [1.165, 1.54) is 23.6 Å². The third kappa shape index (κ3) is 5.96. The molecule has 3 heteroatoms. The monoisotopic (exact) mass is 336 g/mol. The molecule has 23 heavy (non-hydrogen) atoms. The van der Waals surface area contributed by atoms with Gasteiger partial charge in [-0.2, -0.15) is 0 Å². The summed E-state index contributed by atoms with van der Waals surface area (Å²) >= 11 is 0. The molecule has 0 spiro atoms. The summed E-state index contributed by atoms with van der Waals surface area (Å²) in [4.78, 5) is 0. The summed E-state index contributed by atoms with van der Waals surface area (Å²) in [5.74, 6) is 1.59. The molecule has 0 fully saturated rings. The molecule has 0 amide bonds. The van der Waals surface area contributed by atoms with Gasteiger partial charge in [0.15, 0.2) is 6.79 Å². The first-order valence-electron chi connectivity index (χ1n) is 8.96. The van der Waals surface area contributed by atoms with Crippen LogP contribution in [0.3, 0.4) is 0 Å². The quantitative estimate of drug-likeness (QED) is 0.353. The zero-order valence-electron chi connectivity index (χ0n) is 16.5. The van der Waals surface area contributed by atoms with E-state index < -0.39 is 8.07 Å². The summed E-state index contributed by atoms with van der Waals surface area (Å²) < 4.78 is 11.3. The van der Waals surface area contributed by atoms with E-state index in [0.717, 1.165) is 5.75 Å². The van der Waals surface area contributed by atoms with Gasteiger partial charge in [-0.1, -0.05) is 65.9 Å². The van der Waals surface area contributed by atoms with E-state index in [2.05, 4.69) is 65.5 Å². The van der Waals surface area contributed by atoms with Crippen LogP contribution in [-0.2, 0) is 4.74 Å². The Labute approximate surface area is 144 Å². The Balaban J connectivity index is 3.21. The molecule has 1 aromatic carbocycles. The molecule has 0 N–H and O–H groups in total. The van der Waals surface area contributed by atoms with Crippen LogP contribution in [0.15, 0.2) is 18.2 Å². The Morgan fingerprint density at radius 3 is 2.22 bits per heavy atom. The highest BCUT2D eigenvalue weighted by Gasteiger charge is 2.28. The lowest BCUT2D eigenvalue weighted by molar-refractivity contribution is 0.0230. The van der Waals surface area contributed by atoms with E-state index in [1.54, 1.807) is 0 Å². The van der Waals surface area contributed by atoms with E-state index in [1.807, 2.05) is 6.92 Å². The van der Waals surface area contributed by atoms with E-state index >= 15 is 0 Å². The van der Waals surface area contributed by atoms with Crippen molar-refractivity contribution >= 4 is 13.3 Å². The van der Waals surface area contributed by atoms with Gasteiger partial charge in [0.25, 0.3) is 0 Å². The van der Waals surface area contributed by atoms with Crippen LogP contribution in [0.1, 0.15) is 58.9 Å². The largest absolute Gasteiger partial charge is 0.468 e. The number of rotatable bonds is 8. The second kappa shape index (κ2) is 8.34. The molecule has 0 aliphatic rings. The Morgan fingerprint density at radius 1 is 1.09 bits per heavy atom. The van der Waals surface area contributed by atoms with Crippen LogP contribution in [0.2, 0.25) is 19.6 Å². The molecule has 2 nitrogen and oxygen atoms in total. The van der Waals surface area contributed by atoms with Gasteiger partial charge in [0, 0.05) is 6.61 Å². The lowest BCUT2D eigenvalue weighted by atomic mass is 9.74. The molecule has 0 heterocycles. The fourth-order valence-corrected chi connectivity index (χ4v) is 4.55. The lowest BCUT2D eigenvalue weighted by Gasteiger charge is -2.32. The van der Waals surface area contributed by atoms with Gasteiger partial charge in [0.05, 0.1) is 8.07 Å². The first kappa shape index (κ1) is 20.2. The highest BCUT2D eigenvalue weighted by molar-refractivity contribution is 6.89. The molecule has 1 rings (SSSR count). The van der Waals surface area contributed by atoms with Gasteiger partial charge in [-0.15, -0.1) is 0 Å². The lowest BCUT2D eigenvalue weighted by Crippen LogP contribution is -2.39. The zero-order valence-corrected chi connectivity index (χ0v) is 17.5. The number of benzene rings is 1. The standard InChI is InChI=1S/C20H36O2Si/c1-9-11-17(20(3,4)5)16-12-13-18(22-15-21-10-2)19(14-16)23(6,7)8/h12-14,17H,9-11,15H2,1-8H3. The maximum absolute atomic E-state index is 5.90. The molecular formula is C20H36O2Si. The molecule has 0 saturated carbocycles. The first-order valence-corrected chi connectivity index (χ1v) is 12.5. The van der Waals surface area contributed by atoms with Crippen molar-refractivity contribution in [3.05, 3.63) is 23.8 Å². The summed E-state index contributed by atoms with van der Waals surface area (Å²) in [5, 5.41) is 1.40. The summed E-state index contributed by atoms with van der Waals surface area (Å²) in [5.41, 5.74) is 1.74. The van der Waals surface area contributed by atoms with Crippen LogP contribution >= 0.6 is 0 Å². The second-order valence-corrected chi connectivity index (χ2v) is 13.5. The average Bonchev–Trinajstić information content (AvgIpc) is 2.43. The van der Waals surface area contributed by atoms with Crippen molar-refractivity contribution in [2.75, 3.05) is 13.4 Å². The van der Waals surface area contributed by atoms with E-state index in [-0.39, 0.29) is 5.41 Å². The topological polar surface area (TPSA) is 18.5 Å². The molecule has 0 bridgehead atoms. The highest BCUT2D eigenvalue weighted by Crippen LogP contribution is 2.39. The van der Waals surface area contributed by atoms with Gasteiger partial charge >= 0.3 is 0 Å². The second-order valence-electron chi connectivity index (χ2n) is 8.47. The van der Waals surface area contributed by atoms with Crippen LogP contribution in [0.5, 0.6) is 5.75 Å². The Morgan fingerprint density at radius 2 is 1.74 bits per heavy atom. The SMILES string of the molecule is CCCC(c1ccc(OCOCC)c([Si](C)(C)C)c1)C(C)(C)C. The fourth-order valence-electron chi connectivity index (χ4n) is 3.05. The molecule has 0 aliphatic heterocycles. The number of hydrogen-bond acceptors (Lipinski definition) is 2. The molecule has 1 unspecified atom stereocenters. The molecule has 0 radical (unpaired) electrons. The molecule has 1 aromatic rings. The normalized spacial score (nSPS) is 13.9. The minimum absolute atomic E-state index is 0.278. The van der Waals surface area contributed by atoms with Crippen molar-refractivity contribution in [3.63, 3.8) is 0 Å². The Hall–Kier alpha value is -0.803. The van der Waals surface area contributed by atoms with Crippen molar-refractivity contribution < 1.29 is 9.47 Å². The molecule has 0 saturated heterocycles. The van der Waals surface area contributed by atoms with Crippen LogP contribution in [0.4, 0.5) is 0 Å². The molecular weight excluding hydrogens is 300 g/mol. The zero-order chi connectivity index (χ0) is 17.7. The van der Waals surface area contributed by atoms with Crippen LogP contribution < -0.4 is 9.92 Å². The van der Waals surface area contributed by atoms with Crippen molar-refractivity contribution in [1.82, 2.24) is 0 Å². The molecule has 132 valence electrons. The van der Waals surface area contributed by atoms with E-state index in [9.17, 15) is 0 Å². The fraction of sp³-hybridized carbons (Fsp3) is 0.700. The van der Waals surface area contributed by atoms with Crippen LogP contribution in [-0.4, -0.2) is 21.5 Å². The van der Waals surface area contributed by atoms with Gasteiger partial charge in [-0.05, 0) is 41.5 Å². The molecule has 0 aromatic heterocycles. The van der Waals surface area contributed by atoms with Crippen molar-refractivity contribution in [3.8, 4) is 5.75 Å². The van der Waals surface area contributed by atoms with E-state index in [4.69, 9.17) is 9.47 Å². The van der Waals surface area contributed by atoms with Crippen molar-refractivity contribution in [2.24, 2.45) is 5.41 Å². The van der Waals surface area contributed by atoms with Gasteiger partial charge in [0.1, 0.15) is 5.75 Å². The van der Waals surface area contributed by atoms with Gasteiger partial charge < -0.3 is 9.47 Å². The van der Waals surface area contributed by atoms with Gasteiger partial charge in [0.2, 0.25) is 0 Å². The van der Waals surface area contributed by atoms with Crippen molar-refractivity contribution in [1.29, 1.82) is 0 Å². The van der Waals surface area contributed by atoms with E-state index in [0.29, 0.717) is 19.3 Å². The highest BCUT2D eigenvalue weighted by atomic mass is 28.3. The van der Waals surface area contributed by atoms with Crippen LogP contribution in [0.25, 0.3) is 0 Å². The maximum Gasteiger partial charge on any atom is 0.189 e. The minimum Gasteiger partial charge on any atom is -0.468 e. The first-order chi connectivity index (χ1) is 10.6. The average molecular weight is 337 g/mol. The summed E-state index contributed by atoms with van der Waals surface area (Å²) in [7, 11) is -1.48. The summed E-state index contributed by atoms with van der Waals surface area (Å²) in [6.45, 7) is 19.5. The van der Waals surface area contributed by atoms with Crippen molar-refractivity contribution in [2.45, 2.75) is 73.0 Å². The molecule has 0 aliphatic carbocycles. The number of ether oxygens (including phenoxy) is 2. The van der Waals surface area contributed by atoms with Gasteiger partial charge in [-0.25, -0.2) is 0 Å². The number of hydrogen-bond donors (Lipinski definition) is 0. The smallest absolute Gasteiger partial charge is 0.189 e.